The van der Waals surface area contributed by atoms with Crippen molar-refractivity contribution in [3.63, 3.8) is 0 Å². The van der Waals surface area contributed by atoms with E-state index in [1.807, 2.05) is 4.90 Å². The predicted molar refractivity (Wildman–Crippen MR) is 78.4 cm³/mol. The van der Waals surface area contributed by atoms with Crippen molar-refractivity contribution in [3.05, 3.63) is 0 Å². The van der Waals surface area contributed by atoms with E-state index < -0.39 is 0 Å². The van der Waals surface area contributed by atoms with Gasteiger partial charge < -0.3 is 15.0 Å². The van der Waals surface area contributed by atoms with Crippen molar-refractivity contribution in [1.29, 1.82) is 0 Å². The number of carbonyl (C=O) groups is 2. The molecule has 2 amide bonds. The number of methoxy groups -OCH3 is 1. The molecule has 20 heavy (non-hydrogen) atoms. The highest BCUT2D eigenvalue weighted by Gasteiger charge is 2.24. The first-order valence-electron chi connectivity index (χ1n) is 7.62. The zero-order chi connectivity index (χ0) is 15.0. The minimum absolute atomic E-state index is 0.0522. The summed E-state index contributed by atoms with van der Waals surface area (Å²) in [6, 6.07) is 0.0522. The van der Waals surface area contributed by atoms with Crippen molar-refractivity contribution in [2.45, 2.75) is 46.0 Å². The van der Waals surface area contributed by atoms with Gasteiger partial charge in [0.25, 0.3) is 0 Å². The van der Waals surface area contributed by atoms with Crippen LogP contribution in [0, 0.1) is 11.8 Å². The van der Waals surface area contributed by atoms with Crippen molar-refractivity contribution >= 4 is 12.0 Å². The first-order valence-corrected chi connectivity index (χ1v) is 7.62. The molecular weight excluding hydrogens is 256 g/mol. The Hall–Kier alpha value is -1.26. The number of nitrogens with one attached hydrogen (secondary N) is 1. The molecule has 0 aliphatic carbocycles. The number of rotatable bonds is 6. The SMILES string of the molecule is COC(=O)CCCCCNC(=O)N1CC(C)CC(C)C1. The lowest BCUT2D eigenvalue weighted by molar-refractivity contribution is -0.140. The van der Waals surface area contributed by atoms with Crippen molar-refractivity contribution < 1.29 is 14.3 Å². The summed E-state index contributed by atoms with van der Waals surface area (Å²) in [5.74, 6) is 1.01. The van der Waals surface area contributed by atoms with E-state index >= 15 is 0 Å². The van der Waals surface area contributed by atoms with Crippen LogP contribution in [0.1, 0.15) is 46.0 Å². The molecule has 1 rings (SSSR count). The summed E-state index contributed by atoms with van der Waals surface area (Å²) >= 11 is 0. The molecule has 1 N–H and O–H groups in total. The maximum absolute atomic E-state index is 12.0. The second-order valence-electron chi connectivity index (χ2n) is 5.97. The van der Waals surface area contributed by atoms with Gasteiger partial charge in [-0.1, -0.05) is 20.3 Å². The topological polar surface area (TPSA) is 58.6 Å². The van der Waals surface area contributed by atoms with Crippen LogP contribution in [-0.4, -0.2) is 43.6 Å². The number of hydrogen-bond acceptors (Lipinski definition) is 3. The van der Waals surface area contributed by atoms with Gasteiger partial charge in [0, 0.05) is 26.1 Å². The van der Waals surface area contributed by atoms with E-state index in [4.69, 9.17) is 0 Å². The lowest BCUT2D eigenvalue weighted by Crippen LogP contribution is -2.47. The highest BCUT2D eigenvalue weighted by Crippen LogP contribution is 2.20. The Morgan fingerprint density at radius 2 is 1.80 bits per heavy atom. The van der Waals surface area contributed by atoms with Crippen LogP contribution in [0.5, 0.6) is 0 Å². The largest absolute Gasteiger partial charge is 0.469 e. The van der Waals surface area contributed by atoms with Crippen LogP contribution in [0.2, 0.25) is 0 Å². The van der Waals surface area contributed by atoms with E-state index in [1.165, 1.54) is 13.5 Å². The fourth-order valence-electron chi connectivity index (χ4n) is 2.81. The Balaban J connectivity index is 2.09. The second kappa shape index (κ2) is 8.82. The molecule has 1 heterocycles. The number of likely N-dealkylation sites (tertiary alicyclic amines) is 1. The van der Waals surface area contributed by atoms with E-state index in [1.54, 1.807) is 0 Å². The molecule has 1 fully saturated rings. The zero-order valence-corrected chi connectivity index (χ0v) is 13.0. The maximum atomic E-state index is 12.0. The minimum Gasteiger partial charge on any atom is -0.469 e. The predicted octanol–water partition coefficient (Wildman–Crippen LogP) is 2.41. The summed E-state index contributed by atoms with van der Waals surface area (Å²) in [5, 5.41) is 2.97. The number of urea groups is 1. The molecule has 1 aliphatic rings. The van der Waals surface area contributed by atoms with E-state index in [0.717, 1.165) is 32.4 Å². The number of piperidine rings is 1. The van der Waals surface area contributed by atoms with Crippen molar-refractivity contribution in [2.75, 3.05) is 26.7 Å². The van der Waals surface area contributed by atoms with E-state index in [-0.39, 0.29) is 12.0 Å². The molecule has 0 aromatic carbocycles. The summed E-state index contributed by atoms with van der Waals surface area (Å²) in [7, 11) is 1.41. The van der Waals surface area contributed by atoms with Gasteiger partial charge in [-0.15, -0.1) is 0 Å². The molecule has 0 saturated carbocycles. The molecule has 2 unspecified atom stereocenters. The molecule has 5 nitrogen and oxygen atoms in total. The Morgan fingerprint density at radius 3 is 2.40 bits per heavy atom. The molecule has 1 saturated heterocycles. The number of unbranched alkanes of at least 4 members (excludes halogenated alkanes) is 2. The summed E-state index contributed by atoms with van der Waals surface area (Å²) in [6.07, 6.45) is 4.33. The first kappa shape index (κ1) is 16.8. The van der Waals surface area contributed by atoms with Crippen molar-refractivity contribution in [1.82, 2.24) is 10.2 Å². The molecule has 0 aromatic heterocycles. The number of esters is 1. The Labute approximate surface area is 122 Å². The van der Waals surface area contributed by atoms with Crippen molar-refractivity contribution in [3.8, 4) is 0 Å². The average Bonchev–Trinajstić information content (AvgIpc) is 2.40. The fourth-order valence-corrected chi connectivity index (χ4v) is 2.81. The summed E-state index contributed by atoms with van der Waals surface area (Å²) < 4.78 is 4.58. The number of amides is 2. The molecular formula is C15H28N2O3. The Bertz CT molecular complexity index is 310. The van der Waals surface area contributed by atoms with E-state index in [2.05, 4.69) is 23.9 Å². The van der Waals surface area contributed by atoms with Crippen LogP contribution in [0.4, 0.5) is 4.79 Å². The van der Waals surface area contributed by atoms with Gasteiger partial charge in [0.2, 0.25) is 0 Å². The lowest BCUT2D eigenvalue weighted by atomic mass is 9.92. The molecule has 2 atom stereocenters. The van der Waals surface area contributed by atoms with Crippen molar-refractivity contribution in [2.24, 2.45) is 11.8 Å². The highest BCUT2D eigenvalue weighted by atomic mass is 16.5. The number of hydrogen-bond donors (Lipinski definition) is 1. The summed E-state index contributed by atoms with van der Waals surface area (Å²) in [6.45, 7) is 6.79. The quantitative estimate of drug-likeness (QED) is 0.602. The van der Waals surface area contributed by atoms with Crippen LogP contribution in [0.25, 0.3) is 0 Å². The average molecular weight is 284 g/mol. The smallest absolute Gasteiger partial charge is 0.317 e. The van der Waals surface area contributed by atoms with Gasteiger partial charge in [-0.25, -0.2) is 4.79 Å². The number of ether oxygens (including phenoxy) is 1. The number of nitrogens with zero attached hydrogens (tertiary/aromatic N) is 1. The van der Waals surface area contributed by atoms with E-state index in [0.29, 0.717) is 24.8 Å². The van der Waals surface area contributed by atoms with Crippen LogP contribution in [0.15, 0.2) is 0 Å². The van der Waals surface area contributed by atoms with Gasteiger partial charge in [-0.05, 0) is 31.1 Å². The highest BCUT2D eigenvalue weighted by molar-refractivity contribution is 5.74. The molecule has 0 aromatic rings. The van der Waals surface area contributed by atoms with Gasteiger partial charge in [0.15, 0.2) is 0 Å². The van der Waals surface area contributed by atoms with Gasteiger partial charge in [-0.2, -0.15) is 0 Å². The van der Waals surface area contributed by atoms with Gasteiger partial charge in [0.05, 0.1) is 7.11 Å². The third-order valence-electron chi connectivity index (χ3n) is 3.72. The molecule has 0 spiro atoms. The first-order chi connectivity index (χ1) is 9.52. The third-order valence-corrected chi connectivity index (χ3v) is 3.72. The minimum atomic E-state index is -0.162. The maximum Gasteiger partial charge on any atom is 0.317 e. The van der Waals surface area contributed by atoms with Crippen LogP contribution >= 0.6 is 0 Å². The molecule has 0 bridgehead atoms. The van der Waals surface area contributed by atoms with E-state index in [9.17, 15) is 9.59 Å². The number of carbonyl (C=O) groups excluding carboxylic acids is 2. The normalized spacial score (nSPS) is 22.4. The Morgan fingerprint density at radius 1 is 1.15 bits per heavy atom. The van der Waals surface area contributed by atoms with Gasteiger partial charge in [0.1, 0.15) is 0 Å². The van der Waals surface area contributed by atoms with Crippen LogP contribution in [0.3, 0.4) is 0 Å². The van der Waals surface area contributed by atoms with Crippen LogP contribution < -0.4 is 5.32 Å². The molecule has 0 radical (unpaired) electrons. The fraction of sp³-hybridized carbons (Fsp3) is 0.867. The monoisotopic (exact) mass is 284 g/mol. The molecule has 5 heteroatoms. The lowest BCUT2D eigenvalue weighted by Gasteiger charge is -2.34. The van der Waals surface area contributed by atoms with Gasteiger partial charge >= 0.3 is 12.0 Å². The summed E-state index contributed by atoms with van der Waals surface area (Å²) in [4.78, 5) is 24.9. The standard InChI is InChI=1S/C15H28N2O3/c1-12-9-13(2)11-17(10-12)15(19)16-8-6-4-5-7-14(18)20-3/h12-13H,4-11H2,1-3H3,(H,16,19). The molecule has 116 valence electrons. The summed E-state index contributed by atoms with van der Waals surface area (Å²) in [5.41, 5.74) is 0. The Kier molecular flexibility index (Phi) is 7.41. The van der Waals surface area contributed by atoms with Gasteiger partial charge in [-0.3, -0.25) is 4.79 Å². The van der Waals surface area contributed by atoms with Crippen LogP contribution in [-0.2, 0) is 9.53 Å². The second-order valence-corrected chi connectivity index (χ2v) is 5.97. The molecule has 1 aliphatic heterocycles. The zero-order valence-electron chi connectivity index (χ0n) is 13.0. The third kappa shape index (κ3) is 6.26.